The van der Waals surface area contributed by atoms with Crippen LogP contribution in [0.15, 0.2) is 40.9 Å². The van der Waals surface area contributed by atoms with Crippen LogP contribution in [0.5, 0.6) is 0 Å². The third-order valence-electron chi connectivity index (χ3n) is 2.78. The summed E-state index contributed by atoms with van der Waals surface area (Å²) < 4.78 is 65.5. The van der Waals surface area contributed by atoms with E-state index in [0.29, 0.717) is 10.5 Å². The second kappa shape index (κ2) is 6.01. The number of nitrogens with one attached hydrogen (secondary N) is 1. The largest absolute Gasteiger partial charge is 0.416 e. The van der Waals surface area contributed by atoms with Gasteiger partial charge in [-0.3, -0.25) is 0 Å². The first-order chi connectivity index (χ1) is 9.77. The molecule has 112 valence electrons. The minimum atomic E-state index is -4.67. The van der Waals surface area contributed by atoms with Crippen LogP contribution in [0.4, 0.5) is 27.6 Å². The van der Waals surface area contributed by atoms with Crippen molar-refractivity contribution in [2.75, 3.05) is 5.32 Å². The molecule has 7 heteroatoms. The molecule has 0 amide bonds. The van der Waals surface area contributed by atoms with Gasteiger partial charge in [0.05, 0.1) is 11.3 Å². The molecule has 0 unspecified atom stereocenters. The lowest BCUT2D eigenvalue weighted by Gasteiger charge is -2.14. The Labute approximate surface area is 125 Å². The average molecular weight is 366 g/mol. The maximum Gasteiger partial charge on any atom is 0.416 e. The third-order valence-corrected chi connectivity index (χ3v) is 3.27. The second-order valence-electron chi connectivity index (χ2n) is 4.28. The molecule has 0 bridgehead atoms. The smallest absolute Gasteiger partial charge is 0.379 e. The Balaban J connectivity index is 2.24. The van der Waals surface area contributed by atoms with Gasteiger partial charge in [0.1, 0.15) is 11.6 Å². The molecule has 1 nitrogen and oxygen atoms in total. The van der Waals surface area contributed by atoms with Gasteiger partial charge in [-0.2, -0.15) is 13.2 Å². The molecule has 0 aliphatic heterocycles. The lowest BCUT2D eigenvalue weighted by atomic mass is 10.1. The van der Waals surface area contributed by atoms with Crippen molar-refractivity contribution in [2.24, 2.45) is 0 Å². The van der Waals surface area contributed by atoms with Crippen LogP contribution in [0, 0.1) is 11.6 Å². The molecular formula is C14H9BrF5N. The van der Waals surface area contributed by atoms with E-state index in [4.69, 9.17) is 0 Å². The van der Waals surface area contributed by atoms with Crippen LogP contribution in [0.25, 0.3) is 0 Å². The van der Waals surface area contributed by atoms with Gasteiger partial charge in [0.25, 0.3) is 0 Å². The summed E-state index contributed by atoms with van der Waals surface area (Å²) in [5.41, 5.74) is -1.17. The fourth-order valence-electron chi connectivity index (χ4n) is 1.79. The summed E-state index contributed by atoms with van der Waals surface area (Å²) in [5.74, 6) is -1.57. The van der Waals surface area contributed by atoms with Gasteiger partial charge in [0.2, 0.25) is 0 Å². The molecule has 0 fully saturated rings. The van der Waals surface area contributed by atoms with E-state index < -0.39 is 23.4 Å². The minimum absolute atomic E-state index is 0.0654. The van der Waals surface area contributed by atoms with E-state index in [-0.39, 0.29) is 17.8 Å². The van der Waals surface area contributed by atoms with Gasteiger partial charge in [-0.1, -0.05) is 22.0 Å². The second-order valence-corrected chi connectivity index (χ2v) is 5.19. The molecule has 0 aliphatic rings. The van der Waals surface area contributed by atoms with Crippen molar-refractivity contribution in [2.45, 2.75) is 12.7 Å². The Bertz CT molecular complexity index is 654. The third kappa shape index (κ3) is 3.93. The summed E-state index contributed by atoms with van der Waals surface area (Å²) in [5, 5.41) is 2.57. The lowest BCUT2D eigenvalue weighted by Crippen LogP contribution is -2.12. The van der Waals surface area contributed by atoms with E-state index in [2.05, 4.69) is 21.2 Å². The molecular weight excluding hydrogens is 357 g/mol. The summed E-state index contributed by atoms with van der Waals surface area (Å²) in [6.07, 6.45) is -4.67. The zero-order valence-electron chi connectivity index (χ0n) is 10.4. The van der Waals surface area contributed by atoms with Crippen molar-refractivity contribution in [3.8, 4) is 0 Å². The number of rotatable bonds is 3. The Hall–Kier alpha value is -1.63. The summed E-state index contributed by atoms with van der Waals surface area (Å²) in [6.45, 7) is -0.270. The molecule has 2 rings (SSSR count). The number of hydrogen-bond acceptors (Lipinski definition) is 1. The first-order valence-corrected chi connectivity index (χ1v) is 6.61. The van der Waals surface area contributed by atoms with Gasteiger partial charge in [-0.05, 0) is 35.9 Å². The Kier molecular flexibility index (Phi) is 4.51. The van der Waals surface area contributed by atoms with Crippen LogP contribution < -0.4 is 5.32 Å². The van der Waals surface area contributed by atoms with Gasteiger partial charge < -0.3 is 5.32 Å². The van der Waals surface area contributed by atoms with E-state index in [9.17, 15) is 22.0 Å². The standard InChI is InChI=1S/C14H9BrF5N/c15-9-2-4-13(12(17)5-9)21-7-8-1-3-10(16)6-11(8)14(18,19)20/h1-6,21H,7H2. The molecule has 0 aliphatic carbocycles. The van der Waals surface area contributed by atoms with E-state index >= 15 is 0 Å². The number of hydrogen-bond donors (Lipinski definition) is 1. The number of anilines is 1. The Morgan fingerprint density at radius 1 is 1.00 bits per heavy atom. The zero-order chi connectivity index (χ0) is 15.6. The van der Waals surface area contributed by atoms with E-state index in [0.717, 1.165) is 12.1 Å². The highest BCUT2D eigenvalue weighted by molar-refractivity contribution is 9.10. The van der Waals surface area contributed by atoms with Gasteiger partial charge in [0.15, 0.2) is 0 Å². The summed E-state index contributed by atoms with van der Waals surface area (Å²) in [6, 6.07) is 6.54. The van der Waals surface area contributed by atoms with Crippen LogP contribution in [0.3, 0.4) is 0 Å². The van der Waals surface area contributed by atoms with Crippen molar-refractivity contribution in [3.63, 3.8) is 0 Å². The molecule has 0 radical (unpaired) electrons. The molecule has 0 saturated carbocycles. The Morgan fingerprint density at radius 3 is 2.33 bits per heavy atom. The van der Waals surface area contributed by atoms with Crippen molar-refractivity contribution in [1.29, 1.82) is 0 Å². The highest BCUT2D eigenvalue weighted by Gasteiger charge is 2.33. The predicted molar refractivity (Wildman–Crippen MR) is 72.8 cm³/mol. The van der Waals surface area contributed by atoms with E-state index in [1.807, 2.05) is 0 Å². The molecule has 0 aromatic heterocycles. The fraction of sp³-hybridized carbons (Fsp3) is 0.143. The molecule has 0 spiro atoms. The number of alkyl halides is 3. The van der Waals surface area contributed by atoms with Crippen molar-refractivity contribution in [1.82, 2.24) is 0 Å². The van der Waals surface area contributed by atoms with E-state index in [1.165, 1.54) is 12.1 Å². The molecule has 0 saturated heterocycles. The average Bonchev–Trinajstić information content (AvgIpc) is 2.38. The van der Waals surface area contributed by atoms with Crippen molar-refractivity contribution in [3.05, 3.63) is 63.6 Å². The van der Waals surface area contributed by atoms with Gasteiger partial charge in [0, 0.05) is 11.0 Å². The predicted octanol–water partition coefficient (Wildman–Crippen LogP) is 5.36. The number of halogens is 6. The minimum Gasteiger partial charge on any atom is -0.379 e. The van der Waals surface area contributed by atoms with Crippen molar-refractivity contribution < 1.29 is 22.0 Å². The highest BCUT2D eigenvalue weighted by Crippen LogP contribution is 2.33. The van der Waals surface area contributed by atoms with Crippen LogP contribution >= 0.6 is 15.9 Å². The SMILES string of the molecule is Fc1ccc(CNc2ccc(Br)cc2F)c(C(F)(F)F)c1. The lowest BCUT2D eigenvalue weighted by molar-refractivity contribution is -0.138. The van der Waals surface area contributed by atoms with Gasteiger partial charge in [-0.25, -0.2) is 8.78 Å². The van der Waals surface area contributed by atoms with Crippen LogP contribution in [0.2, 0.25) is 0 Å². The summed E-state index contributed by atoms with van der Waals surface area (Å²) >= 11 is 3.08. The van der Waals surface area contributed by atoms with Crippen LogP contribution in [-0.4, -0.2) is 0 Å². The molecule has 0 heterocycles. The summed E-state index contributed by atoms with van der Waals surface area (Å²) in [4.78, 5) is 0. The van der Waals surface area contributed by atoms with Crippen LogP contribution in [-0.2, 0) is 12.7 Å². The zero-order valence-corrected chi connectivity index (χ0v) is 12.0. The molecule has 2 aromatic rings. The normalized spacial score (nSPS) is 11.5. The monoisotopic (exact) mass is 365 g/mol. The van der Waals surface area contributed by atoms with Gasteiger partial charge in [-0.15, -0.1) is 0 Å². The molecule has 1 N–H and O–H groups in total. The van der Waals surface area contributed by atoms with Gasteiger partial charge >= 0.3 is 6.18 Å². The maximum absolute atomic E-state index is 13.6. The highest BCUT2D eigenvalue weighted by atomic mass is 79.9. The summed E-state index contributed by atoms with van der Waals surface area (Å²) in [7, 11) is 0. The molecule has 21 heavy (non-hydrogen) atoms. The molecule has 0 atom stereocenters. The first-order valence-electron chi connectivity index (χ1n) is 5.82. The quantitative estimate of drug-likeness (QED) is 0.722. The molecule has 2 aromatic carbocycles. The van der Waals surface area contributed by atoms with Crippen LogP contribution in [0.1, 0.15) is 11.1 Å². The maximum atomic E-state index is 13.6. The topological polar surface area (TPSA) is 12.0 Å². The Morgan fingerprint density at radius 2 is 1.71 bits per heavy atom. The number of benzene rings is 2. The van der Waals surface area contributed by atoms with Crippen molar-refractivity contribution >= 4 is 21.6 Å². The first kappa shape index (κ1) is 15.8. The fourth-order valence-corrected chi connectivity index (χ4v) is 2.12. The van der Waals surface area contributed by atoms with E-state index in [1.54, 1.807) is 6.07 Å².